The molecule has 1 aromatic carbocycles. The molecule has 0 fully saturated rings. The topological polar surface area (TPSA) is 29.5 Å². The van der Waals surface area contributed by atoms with Crippen LogP contribution in [0.4, 0.5) is 0 Å². The van der Waals surface area contributed by atoms with Crippen LogP contribution < -0.4 is 0 Å². The highest BCUT2D eigenvalue weighted by Crippen LogP contribution is 2.38. The van der Waals surface area contributed by atoms with Crippen molar-refractivity contribution in [2.24, 2.45) is 0 Å². The molecule has 1 N–H and O–H groups in total. The molecule has 0 aliphatic heterocycles. The second-order valence-corrected chi connectivity index (χ2v) is 4.42. The van der Waals surface area contributed by atoms with Crippen LogP contribution in [0.1, 0.15) is 23.1 Å². The van der Waals surface area contributed by atoms with Crippen molar-refractivity contribution in [1.82, 2.24) is 0 Å². The Labute approximate surface area is 92.0 Å². The average molecular weight is 257 g/mol. The molecule has 0 saturated heterocycles. The van der Waals surface area contributed by atoms with Gasteiger partial charge in [-0.2, -0.15) is 0 Å². The summed E-state index contributed by atoms with van der Waals surface area (Å²) in [5.74, 6) is 0.409. The molecule has 0 unspecified atom stereocenters. The smallest absolute Gasteiger partial charge is 0.133 e. The van der Waals surface area contributed by atoms with Gasteiger partial charge < -0.3 is 9.84 Å². The zero-order chi connectivity index (χ0) is 10.1. The Hall–Kier alpha value is -0.540. The summed E-state index contributed by atoms with van der Waals surface area (Å²) in [6.45, 7) is 0.543. The van der Waals surface area contributed by atoms with Crippen molar-refractivity contribution in [1.29, 1.82) is 0 Å². The highest BCUT2D eigenvalue weighted by molar-refractivity contribution is 9.10. The molecule has 0 heterocycles. The van der Waals surface area contributed by atoms with E-state index in [1.54, 1.807) is 7.11 Å². The molecule has 2 nitrogen and oxygen atoms in total. The molecule has 0 saturated carbocycles. The highest BCUT2D eigenvalue weighted by Gasteiger charge is 2.19. The fraction of sp³-hybridized carbons (Fsp3) is 0.455. The minimum atomic E-state index is 0.409. The predicted molar refractivity (Wildman–Crippen MR) is 58.5 cm³/mol. The molecular formula is C11H13BrO2. The molecule has 3 heteroatoms. The summed E-state index contributed by atoms with van der Waals surface area (Å²) < 4.78 is 5.87. The first-order valence-electron chi connectivity index (χ1n) is 4.75. The number of rotatable bonds is 2. The summed E-state index contributed by atoms with van der Waals surface area (Å²) in [4.78, 5) is 0. The quantitative estimate of drug-likeness (QED) is 0.882. The number of phenols is 1. The Morgan fingerprint density at radius 2 is 2.29 bits per heavy atom. The summed E-state index contributed by atoms with van der Waals surface area (Å²) >= 11 is 3.40. The molecule has 2 rings (SSSR count). The number of aromatic hydroxyl groups is 1. The molecule has 0 atom stereocenters. The van der Waals surface area contributed by atoms with Gasteiger partial charge in [-0.15, -0.1) is 0 Å². The summed E-state index contributed by atoms with van der Waals surface area (Å²) in [5, 5.41) is 9.92. The van der Waals surface area contributed by atoms with E-state index in [1.165, 1.54) is 5.56 Å². The van der Waals surface area contributed by atoms with E-state index in [1.807, 2.05) is 0 Å². The fourth-order valence-corrected chi connectivity index (χ4v) is 2.48. The maximum atomic E-state index is 9.92. The van der Waals surface area contributed by atoms with Crippen LogP contribution in [-0.4, -0.2) is 12.2 Å². The summed E-state index contributed by atoms with van der Waals surface area (Å²) in [6.07, 6.45) is 3.21. The van der Waals surface area contributed by atoms with E-state index >= 15 is 0 Å². The third-order valence-corrected chi connectivity index (χ3v) is 3.57. The third-order valence-electron chi connectivity index (χ3n) is 2.68. The number of hydrogen-bond donors (Lipinski definition) is 1. The molecule has 0 spiro atoms. The molecule has 0 aromatic heterocycles. The van der Waals surface area contributed by atoms with Crippen molar-refractivity contribution in [3.63, 3.8) is 0 Å². The Morgan fingerprint density at radius 1 is 1.50 bits per heavy atom. The largest absolute Gasteiger partial charge is 0.506 e. The second-order valence-electron chi connectivity index (χ2n) is 3.62. The minimum absolute atomic E-state index is 0.409. The zero-order valence-corrected chi connectivity index (χ0v) is 9.73. The summed E-state index contributed by atoms with van der Waals surface area (Å²) in [6, 6.07) is 2.13. The van der Waals surface area contributed by atoms with Crippen molar-refractivity contribution in [2.75, 3.05) is 7.11 Å². The lowest BCUT2D eigenvalue weighted by molar-refractivity contribution is 0.184. The average Bonchev–Trinajstić information content (AvgIpc) is 2.62. The van der Waals surface area contributed by atoms with Gasteiger partial charge in [0.25, 0.3) is 0 Å². The van der Waals surface area contributed by atoms with Gasteiger partial charge in [0.15, 0.2) is 0 Å². The Bertz CT molecular complexity index is 361. The van der Waals surface area contributed by atoms with Crippen LogP contribution in [-0.2, 0) is 24.2 Å². The standard InChI is InChI=1S/C11H13BrO2/c1-14-6-8-5-7-3-2-4-9(7)11(13)10(8)12/h5,13H,2-4,6H2,1H3. The van der Waals surface area contributed by atoms with Gasteiger partial charge in [0.1, 0.15) is 5.75 Å². The van der Waals surface area contributed by atoms with Crippen LogP contribution in [0.5, 0.6) is 5.75 Å². The number of hydrogen-bond acceptors (Lipinski definition) is 2. The third kappa shape index (κ3) is 1.55. The van der Waals surface area contributed by atoms with E-state index in [2.05, 4.69) is 22.0 Å². The van der Waals surface area contributed by atoms with E-state index < -0.39 is 0 Å². The van der Waals surface area contributed by atoms with Crippen LogP contribution in [0, 0.1) is 0 Å². The van der Waals surface area contributed by atoms with Crippen molar-refractivity contribution >= 4 is 15.9 Å². The number of methoxy groups -OCH3 is 1. The molecule has 0 amide bonds. The normalized spacial score (nSPS) is 14.4. The molecule has 1 aliphatic carbocycles. The van der Waals surface area contributed by atoms with Crippen molar-refractivity contribution in [3.05, 3.63) is 27.2 Å². The van der Waals surface area contributed by atoms with Crippen molar-refractivity contribution < 1.29 is 9.84 Å². The molecule has 76 valence electrons. The Kier molecular flexibility index (Phi) is 2.79. The van der Waals surface area contributed by atoms with Crippen molar-refractivity contribution in [3.8, 4) is 5.75 Å². The van der Waals surface area contributed by atoms with Gasteiger partial charge in [-0.05, 0) is 51.9 Å². The zero-order valence-electron chi connectivity index (χ0n) is 8.14. The SMILES string of the molecule is COCc1cc2c(c(O)c1Br)CCC2. The van der Waals surface area contributed by atoms with E-state index in [4.69, 9.17) is 4.74 Å². The van der Waals surface area contributed by atoms with Crippen LogP contribution in [0.2, 0.25) is 0 Å². The summed E-state index contributed by atoms with van der Waals surface area (Å²) in [7, 11) is 1.66. The summed E-state index contributed by atoms with van der Waals surface area (Å²) in [5.41, 5.74) is 3.42. The number of benzene rings is 1. The van der Waals surface area contributed by atoms with Gasteiger partial charge in [-0.3, -0.25) is 0 Å². The lowest BCUT2D eigenvalue weighted by atomic mass is 10.1. The molecule has 0 bridgehead atoms. The number of ether oxygens (including phenoxy) is 1. The fourth-order valence-electron chi connectivity index (χ4n) is 2.02. The maximum absolute atomic E-state index is 9.92. The number of phenolic OH excluding ortho intramolecular Hbond substituents is 1. The van der Waals surface area contributed by atoms with Crippen molar-refractivity contribution in [2.45, 2.75) is 25.9 Å². The van der Waals surface area contributed by atoms with Gasteiger partial charge in [0, 0.05) is 7.11 Å². The molecule has 0 radical (unpaired) electrons. The van der Waals surface area contributed by atoms with E-state index in [0.29, 0.717) is 12.4 Å². The van der Waals surface area contributed by atoms with Crippen LogP contribution in [0.25, 0.3) is 0 Å². The van der Waals surface area contributed by atoms with Gasteiger partial charge in [0.2, 0.25) is 0 Å². The first-order chi connectivity index (χ1) is 6.74. The minimum Gasteiger partial charge on any atom is -0.506 e. The van der Waals surface area contributed by atoms with E-state index in [-0.39, 0.29) is 0 Å². The monoisotopic (exact) mass is 256 g/mol. The Morgan fingerprint density at radius 3 is 3.00 bits per heavy atom. The van der Waals surface area contributed by atoms with Crippen LogP contribution in [0.15, 0.2) is 10.5 Å². The predicted octanol–water partition coefficient (Wildman–Crippen LogP) is 2.79. The van der Waals surface area contributed by atoms with E-state index in [0.717, 1.165) is 34.9 Å². The lowest BCUT2D eigenvalue weighted by Crippen LogP contribution is -1.94. The molecular weight excluding hydrogens is 244 g/mol. The number of fused-ring (bicyclic) bond motifs is 1. The number of halogens is 1. The van der Waals surface area contributed by atoms with Gasteiger partial charge in [-0.25, -0.2) is 0 Å². The van der Waals surface area contributed by atoms with Crippen LogP contribution in [0.3, 0.4) is 0 Å². The van der Waals surface area contributed by atoms with Gasteiger partial charge in [0.05, 0.1) is 11.1 Å². The van der Waals surface area contributed by atoms with Crippen LogP contribution >= 0.6 is 15.9 Å². The molecule has 1 aromatic rings. The lowest BCUT2D eigenvalue weighted by Gasteiger charge is -2.10. The van der Waals surface area contributed by atoms with Gasteiger partial charge >= 0.3 is 0 Å². The molecule has 1 aliphatic rings. The Balaban J connectivity index is 2.49. The number of aryl methyl sites for hydroxylation is 1. The van der Waals surface area contributed by atoms with Gasteiger partial charge in [-0.1, -0.05) is 6.07 Å². The van der Waals surface area contributed by atoms with E-state index in [9.17, 15) is 5.11 Å². The highest BCUT2D eigenvalue weighted by atomic mass is 79.9. The second kappa shape index (κ2) is 3.91. The maximum Gasteiger partial charge on any atom is 0.133 e. The molecule has 14 heavy (non-hydrogen) atoms. The first-order valence-corrected chi connectivity index (χ1v) is 5.54. The first kappa shape index (κ1) is 9.99.